The summed E-state index contributed by atoms with van der Waals surface area (Å²) in [5, 5.41) is 6.26. The molecule has 0 bridgehead atoms. The maximum Gasteiger partial charge on any atom is 0.237 e. The number of amides is 1. The van der Waals surface area contributed by atoms with Crippen LogP contribution in [0.1, 0.15) is 33.6 Å². The Morgan fingerprint density at radius 3 is 2.58 bits per heavy atom. The number of carbonyl (C=O) groups excluding carboxylic acids is 1. The molecular formula is C14H31N3O2. The Kier molecular flexibility index (Phi) is 10.8. The first kappa shape index (κ1) is 18.4. The molecule has 0 aliphatic rings. The smallest absolute Gasteiger partial charge is 0.237 e. The van der Waals surface area contributed by atoms with Gasteiger partial charge in [-0.25, -0.2) is 0 Å². The number of carbonyl (C=O) groups is 1. The van der Waals surface area contributed by atoms with Crippen LogP contribution in [0, 0.1) is 0 Å². The van der Waals surface area contributed by atoms with Gasteiger partial charge in [0, 0.05) is 32.8 Å². The van der Waals surface area contributed by atoms with Gasteiger partial charge in [-0.1, -0.05) is 13.3 Å². The summed E-state index contributed by atoms with van der Waals surface area (Å²) in [6.45, 7) is 9.44. The van der Waals surface area contributed by atoms with Gasteiger partial charge in [-0.15, -0.1) is 0 Å². The van der Waals surface area contributed by atoms with Crippen molar-refractivity contribution in [3.8, 4) is 0 Å². The van der Waals surface area contributed by atoms with Crippen LogP contribution in [0.2, 0.25) is 0 Å². The summed E-state index contributed by atoms with van der Waals surface area (Å²) in [6, 6.07) is 0.112. The summed E-state index contributed by atoms with van der Waals surface area (Å²) in [7, 11) is 3.75. The second kappa shape index (κ2) is 11.2. The molecule has 0 aromatic carbocycles. The lowest BCUT2D eigenvalue weighted by atomic mass is 10.2. The highest BCUT2D eigenvalue weighted by Gasteiger charge is 2.14. The van der Waals surface area contributed by atoms with Crippen LogP contribution in [0.25, 0.3) is 0 Å². The normalized spacial score (nSPS) is 14.4. The molecule has 0 aromatic rings. The number of nitrogens with zero attached hydrogens (tertiary/aromatic N) is 1. The van der Waals surface area contributed by atoms with E-state index in [1.165, 1.54) is 0 Å². The van der Waals surface area contributed by atoms with Crippen molar-refractivity contribution in [2.75, 3.05) is 40.4 Å². The topological polar surface area (TPSA) is 53.6 Å². The van der Waals surface area contributed by atoms with Crippen molar-refractivity contribution in [3.05, 3.63) is 0 Å². The average molecular weight is 273 g/mol. The standard InChI is InChI=1S/C14H31N3O2/c1-6-7-12(2)16-14(18)13(3)15-8-9-17(4)10-11-19-5/h12-13,15H,6-11H2,1-5H3,(H,16,18). The molecule has 0 heterocycles. The van der Waals surface area contributed by atoms with Crippen LogP contribution in [0.3, 0.4) is 0 Å². The zero-order chi connectivity index (χ0) is 14.7. The van der Waals surface area contributed by atoms with Crippen LogP contribution in [0.4, 0.5) is 0 Å². The quantitative estimate of drug-likeness (QED) is 0.586. The van der Waals surface area contributed by atoms with Crippen molar-refractivity contribution in [2.24, 2.45) is 0 Å². The first-order valence-corrected chi connectivity index (χ1v) is 7.22. The van der Waals surface area contributed by atoms with Crippen molar-refractivity contribution in [1.29, 1.82) is 0 Å². The second-order valence-electron chi connectivity index (χ2n) is 5.17. The molecule has 0 radical (unpaired) electrons. The summed E-state index contributed by atoms with van der Waals surface area (Å²) in [6.07, 6.45) is 2.12. The predicted molar refractivity (Wildman–Crippen MR) is 79.4 cm³/mol. The van der Waals surface area contributed by atoms with Crippen molar-refractivity contribution in [1.82, 2.24) is 15.5 Å². The molecule has 0 aromatic heterocycles. The Morgan fingerprint density at radius 2 is 2.00 bits per heavy atom. The van der Waals surface area contributed by atoms with Crippen molar-refractivity contribution in [3.63, 3.8) is 0 Å². The fourth-order valence-corrected chi connectivity index (χ4v) is 1.80. The third-order valence-electron chi connectivity index (χ3n) is 3.12. The third-order valence-corrected chi connectivity index (χ3v) is 3.12. The summed E-state index contributed by atoms with van der Waals surface area (Å²) in [5.74, 6) is 0.0838. The van der Waals surface area contributed by atoms with Crippen LogP contribution in [-0.4, -0.2) is 63.3 Å². The maximum absolute atomic E-state index is 11.9. The highest BCUT2D eigenvalue weighted by molar-refractivity contribution is 5.81. The molecule has 0 aliphatic carbocycles. The molecule has 19 heavy (non-hydrogen) atoms. The second-order valence-corrected chi connectivity index (χ2v) is 5.17. The molecule has 2 N–H and O–H groups in total. The minimum absolute atomic E-state index is 0.0838. The molecule has 2 unspecified atom stereocenters. The summed E-state index contributed by atoms with van der Waals surface area (Å²) >= 11 is 0. The Hall–Kier alpha value is -0.650. The number of nitrogens with one attached hydrogen (secondary N) is 2. The fraction of sp³-hybridized carbons (Fsp3) is 0.929. The van der Waals surface area contributed by atoms with E-state index in [2.05, 4.69) is 29.5 Å². The number of methoxy groups -OCH3 is 1. The third kappa shape index (κ3) is 9.87. The average Bonchev–Trinajstić information content (AvgIpc) is 2.36. The van der Waals surface area contributed by atoms with Crippen LogP contribution in [0.15, 0.2) is 0 Å². The van der Waals surface area contributed by atoms with E-state index in [1.807, 2.05) is 13.8 Å². The van der Waals surface area contributed by atoms with Crippen LogP contribution >= 0.6 is 0 Å². The van der Waals surface area contributed by atoms with Gasteiger partial charge in [0.25, 0.3) is 0 Å². The fourth-order valence-electron chi connectivity index (χ4n) is 1.80. The Labute approximate surface area is 118 Å². The molecule has 0 rings (SSSR count). The molecule has 0 fully saturated rings. The molecular weight excluding hydrogens is 242 g/mol. The SMILES string of the molecule is CCCC(C)NC(=O)C(C)NCCN(C)CCOC. The molecule has 5 heteroatoms. The Balaban J connectivity index is 3.72. The number of rotatable bonds is 11. The number of likely N-dealkylation sites (N-methyl/N-ethyl adjacent to an activating group) is 1. The van der Waals surface area contributed by atoms with E-state index in [-0.39, 0.29) is 18.0 Å². The number of hydrogen-bond donors (Lipinski definition) is 2. The monoisotopic (exact) mass is 273 g/mol. The van der Waals surface area contributed by atoms with Gasteiger partial charge in [-0.05, 0) is 27.3 Å². The number of hydrogen-bond acceptors (Lipinski definition) is 4. The Bertz CT molecular complexity index is 237. The van der Waals surface area contributed by atoms with Crippen molar-refractivity contribution < 1.29 is 9.53 Å². The summed E-state index contributed by atoms with van der Waals surface area (Å²) in [4.78, 5) is 14.1. The van der Waals surface area contributed by atoms with Crippen LogP contribution < -0.4 is 10.6 Å². The lowest BCUT2D eigenvalue weighted by Crippen LogP contribution is -2.47. The van der Waals surface area contributed by atoms with E-state index in [9.17, 15) is 4.79 Å². The van der Waals surface area contributed by atoms with Gasteiger partial charge in [-0.2, -0.15) is 0 Å². The van der Waals surface area contributed by atoms with Gasteiger partial charge < -0.3 is 20.3 Å². The molecule has 2 atom stereocenters. The van der Waals surface area contributed by atoms with E-state index in [0.29, 0.717) is 0 Å². The largest absolute Gasteiger partial charge is 0.383 e. The predicted octanol–water partition coefficient (Wildman–Crippen LogP) is 0.848. The van der Waals surface area contributed by atoms with E-state index in [1.54, 1.807) is 7.11 Å². The zero-order valence-corrected chi connectivity index (χ0v) is 13.2. The molecule has 0 saturated heterocycles. The van der Waals surface area contributed by atoms with E-state index < -0.39 is 0 Å². The van der Waals surface area contributed by atoms with Crippen LogP contribution in [0.5, 0.6) is 0 Å². The molecule has 0 aliphatic heterocycles. The first-order valence-electron chi connectivity index (χ1n) is 7.22. The van der Waals surface area contributed by atoms with E-state index in [4.69, 9.17) is 4.74 Å². The minimum atomic E-state index is -0.143. The van der Waals surface area contributed by atoms with Gasteiger partial charge in [-0.3, -0.25) is 4.79 Å². The molecule has 1 amide bonds. The summed E-state index contributed by atoms with van der Waals surface area (Å²) < 4.78 is 5.02. The zero-order valence-electron chi connectivity index (χ0n) is 13.2. The van der Waals surface area contributed by atoms with Crippen molar-refractivity contribution >= 4 is 5.91 Å². The van der Waals surface area contributed by atoms with Gasteiger partial charge in [0.1, 0.15) is 0 Å². The molecule has 0 saturated carbocycles. The van der Waals surface area contributed by atoms with E-state index >= 15 is 0 Å². The molecule has 5 nitrogen and oxygen atoms in total. The van der Waals surface area contributed by atoms with Gasteiger partial charge in [0.15, 0.2) is 0 Å². The van der Waals surface area contributed by atoms with Crippen molar-refractivity contribution in [2.45, 2.75) is 45.7 Å². The molecule has 114 valence electrons. The lowest BCUT2D eigenvalue weighted by Gasteiger charge is -2.20. The number of ether oxygens (including phenoxy) is 1. The van der Waals surface area contributed by atoms with E-state index in [0.717, 1.165) is 39.1 Å². The Morgan fingerprint density at radius 1 is 1.32 bits per heavy atom. The van der Waals surface area contributed by atoms with Gasteiger partial charge in [0.2, 0.25) is 5.91 Å². The lowest BCUT2D eigenvalue weighted by molar-refractivity contribution is -0.123. The first-order chi connectivity index (χ1) is 9.01. The molecule has 0 spiro atoms. The van der Waals surface area contributed by atoms with Crippen LogP contribution in [-0.2, 0) is 9.53 Å². The highest BCUT2D eigenvalue weighted by Crippen LogP contribution is 1.95. The van der Waals surface area contributed by atoms with Gasteiger partial charge in [0.05, 0.1) is 12.6 Å². The highest BCUT2D eigenvalue weighted by atomic mass is 16.5. The summed E-state index contributed by atoms with van der Waals surface area (Å²) in [5.41, 5.74) is 0. The maximum atomic E-state index is 11.9. The minimum Gasteiger partial charge on any atom is -0.383 e. The van der Waals surface area contributed by atoms with Gasteiger partial charge >= 0.3 is 0 Å².